The van der Waals surface area contributed by atoms with Crippen molar-refractivity contribution in [3.63, 3.8) is 0 Å². The lowest BCUT2D eigenvalue weighted by Crippen LogP contribution is -1.96. The third-order valence-electron chi connectivity index (χ3n) is 2.37. The predicted octanol–water partition coefficient (Wildman–Crippen LogP) is 3.04. The Balaban J connectivity index is 2.66. The fourth-order valence-electron chi connectivity index (χ4n) is 1.30. The largest absolute Gasteiger partial charge is 0.127 e. The van der Waals surface area contributed by atoms with E-state index >= 15 is 0 Å². The van der Waals surface area contributed by atoms with Crippen molar-refractivity contribution < 1.29 is 0 Å². The van der Waals surface area contributed by atoms with E-state index in [4.69, 9.17) is 23.2 Å². The highest BCUT2D eigenvalue weighted by molar-refractivity contribution is 6.51. The zero-order valence-corrected chi connectivity index (χ0v) is 7.26. The number of rotatable bonds is 1. The molecule has 1 aliphatic carbocycles. The van der Waals surface area contributed by atoms with Crippen LogP contribution in [0.15, 0.2) is 0 Å². The van der Waals surface area contributed by atoms with E-state index in [1.807, 2.05) is 0 Å². The molecule has 0 heterocycles. The molecule has 0 saturated heterocycles. The normalized spacial score (nSPS) is 36.3. The van der Waals surface area contributed by atoms with Gasteiger partial charge in [0.05, 0.1) is 0 Å². The maximum absolute atomic E-state index is 5.92. The molecule has 1 radical (unpaired) electrons. The fourth-order valence-corrected chi connectivity index (χ4v) is 2.22. The van der Waals surface area contributed by atoms with Crippen molar-refractivity contribution in [2.75, 3.05) is 0 Å². The van der Waals surface area contributed by atoms with Crippen LogP contribution in [0.4, 0.5) is 0 Å². The highest BCUT2D eigenvalue weighted by Crippen LogP contribution is 2.69. The topological polar surface area (TPSA) is 0 Å². The molecule has 1 aliphatic rings. The molecule has 0 nitrogen and oxygen atoms in total. The van der Waals surface area contributed by atoms with E-state index in [-0.39, 0.29) is 5.41 Å². The Morgan fingerprint density at radius 3 is 1.78 bits per heavy atom. The van der Waals surface area contributed by atoms with E-state index in [1.165, 1.54) is 0 Å². The molecule has 0 bridgehead atoms. The molecule has 0 aromatic rings. The van der Waals surface area contributed by atoms with Crippen molar-refractivity contribution in [1.29, 1.82) is 0 Å². The highest BCUT2D eigenvalue weighted by atomic mass is 35.5. The summed E-state index contributed by atoms with van der Waals surface area (Å²) in [5.74, 6) is 0.383. The van der Waals surface area contributed by atoms with Crippen molar-refractivity contribution >= 4 is 23.2 Å². The number of hydrogen-bond donors (Lipinski definition) is 0. The second-order valence-corrected chi connectivity index (χ2v) is 4.57. The first-order chi connectivity index (χ1) is 3.94. The Labute approximate surface area is 66.5 Å². The molecule has 1 rings (SSSR count). The van der Waals surface area contributed by atoms with E-state index in [0.29, 0.717) is 5.92 Å². The van der Waals surface area contributed by atoms with Crippen LogP contribution in [-0.4, -0.2) is 4.33 Å². The van der Waals surface area contributed by atoms with Crippen LogP contribution in [0.25, 0.3) is 0 Å². The molecule has 0 aromatic carbocycles. The van der Waals surface area contributed by atoms with Gasteiger partial charge in [-0.2, -0.15) is 0 Å². The van der Waals surface area contributed by atoms with Crippen LogP contribution in [0.1, 0.15) is 20.3 Å². The lowest BCUT2D eigenvalue weighted by atomic mass is 10.1. The Hall–Kier alpha value is 0.580. The van der Waals surface area contributed by atoms with Crippen molar-refractivity contribution in [2.24, 2.45) is 11.3 Å². The van der Waals surface area contributed by atoms with Gasteiger partial charge in [0.1, 0.15) is 4.33 Å². The van der Waals surface area contributed by atoms with Crippen molar-refractivity contribution in [3.05, 3.63) is 6.92 Å². The minimum absolute atomic E-state index is 0.0812. The van der Waals surface area contributed by atoms with Gasteiger partial charge in [-0.1, -0.05) is 20.8 Å². The first-order valence-corrected chi connectivity index (χ1v) is 3.87. The van der Waals surface area contributed by atoms with Gasteiger partial charge in [0.15, 0.2) is 0 Å². The summed E-state index contributed by atoms with van der Waals surface area (Å²) < 4.78 is -0.505. The maximum Gasteiger partial charge on any atom is 0.127 e. The summed E-state index contributed by atoms with van der Waals surface area (Å²) in [6.45, 7) is 7.91. The summed E-state index contributed by atoms with van der Waals surface area (Å²) in [5.41, 5.74) is 0.0812. The average Bonchev–Trinajstić information content (AvgIpc) is 2.00. The summed E-state index contributed by atoms with van der Waals surface area (Å²) in [4.78, 5) is 0. The summed E-state index contributed by atoms with van der Waals surface area (Å²) >= 11 is 11.8. The van der Waals surface area contributed by atoms with Gasteiger partial charge in [0.25, 0.3) is 0 Å². The molecule has 53 valence electrons. The number of halogens is 2. The van der Waals surface area contributed by atoms with Crippen molar-refractivity contribution in [2.45, 2.75) is 24.6 Å². The van der Waals surface area contributed by atoms with Crippen LogP contribution in [0, 0.1) is 18.3 Å². The predicted molar refractivity (Wildman–Crippen MR) is 41.7 cm³/mol. The minimum atomic E-state index is -0.505. The molecule has 1 saturated carbocycles. The van der Waals surface area contributed by atoms with Crippen molar-refractivity contribution in [1.82, 2.24) is 0 Å². The van der Waals surface area contributed by atoms with Gasteiger partial charge >= 0.3 is 0 Å². The molecular weight excluding hydrogens is 155 g/mol. The van der Waals surface area contributed by atoms with Gasteiger partial charge in [-0.3, -0.25) is 0 Å². The van der Waals surface area contributed by atoms with Crippen LogP contribution in [0.2, 0.25) is 0 Å². The molecule has 0 amide bonds. The molecule has 9 heavy (non-hydrogen) atoms. The molecule has 0 aliphatic heterocycles. The third kappa shape index (κ3) is 0.798. The van der Waals surface area contributed by atoms with Gasteiger partial charge in [0.2, 0.25) is 0 Å². The zero-order chi connectivity index (χ0) is 7.28. The van der Waals surface area contributed by atoms with Crippen LogP contribution in [-0.2, 0) is 0 Å². The Bertz CT molecular complexity index is 113. The molecule has 0 N–H and O–H groups in total. The monoisotopic (exact) mass is 165 g/mol. The lowest BCUT2D eigenvalue weighted by molar-refractivity contribution is 0.560. The maximum atomic E-state index is 5.92. The number of hydrogen-bond acceptors (Lipinski definition) is 0. The van der Waals surface area contributed by atoms with Crippen LogP contribution in [0.5, 0.6) is 0 Å². The van der Waals surface area contributed by atoms with Gasteiger partial charge in [0, 0.05) is 11.3 Å². The summed E-state index contributed by atoms with van der Waals surface area (Å²) in [5, 5.41) is 0. The van der Waals surface area contributed by atoms with Gasteiger partial charge in [-0.05, 0) is 6.42 Å². The zero-order valence-electron chi connectivity index (χ0n) is 5.75. The third-order valence-corrected chi connectivity index (χ3v) is 3.87. The summed E-state index contributed by atoms with van der Waals surface area (Å²) in [6, 6.07) is 0. The minimum Gasteiger partial charge on any atom is -0.101 e. The van der Waals surface area contributed by atoms with E-state index in [1.54, 1.807) is 0 Å². The van der Waals surface area contributed by atoms with E-state index in [2.05, 4.69) is 20.8 Å². The van der Waals surface area contributed by atoms with Crippen molar-refractivity contribution in [3.8, 4) is 0 Å². The Morgan fingerprint density at radius 1 is 1.44 bits per heavy atom. The molecule has 0 spiro atoms. The second kappa shape index (κ2) is 1.79. The van der Waals surface area contributed by atoms with Gasteiger partial charge < -0.3 is 0 Å². The fraction of sp³-hybridized carbons (Fsp3) is 0.857. The van der Waals surface area contributed by atoms with Crippen LogP contribution >= 0.6 is 23.2 Å². The highest BCUT2D eigenvalue weighted by Gasteiger charge is 2.68. The molecule has 1 fully saturated rings. The summed E-state index contributed by atoms with van der Waals surface area (Å²) in [6.07, 6.45) is 0.833. The summed E-state index contributed by atoms with van der Waals surface area (Å²) in [7, 11) is 0. The SMILES string of the molecule is [CH2]CC1C(C)(C)C1(Cl)Cl. The number of alkyl halides is 2. The molecule has 1 unspecified atom stereocenters. The average molecular weight is 166 g/mol. The molecule has 0 aromatic heterocycles. The van der Waals surface area contributed by atoms with E-state index in [9.17, 15) is 0 Å². The first kappa shape index (κ1) is 7.68. The van der Waals surface area contributed by atoms with E-state index in [0.717, 1.165) is 6.42 Å². The first-order valence-electron chi connectivity index (χ1n) is 3.11. The molecule has 1 atom stereocenters. The molecule has 2 heteroatoms. The standard InChI is InChI=1S/C7H11Cl2/c1-4-5-6(2,3)7(5,8)9/h5H,1,4H2,2-3H3. The van der Waals surface area contributed by atoms with Crippen LogP contribution in [0.3, 0.4) is 0 Å². The van der Waals surface area contributed by atoms with Gasteiger partial charge in [-0.15, -0.1) is 23.2 Å². The van der Waals surface area contributed by atoms with Crippen LogP contribution < -0.4 is 0 Å². The second-order valence-electron chi connectivity index (χ2n) is 3.19. The van der Waals surface area contributed by atoms with Gasteiger partial charge in [-0.25, -0.2) is 0 Å². The lowest BCUT2D eigenvalue weighted by Gasteiger charge is -1.99. The Morgan fingerprint density at radius 2 is 1.78 bits per heavy atom. The van der Waals surface area contributed by atoms with E-state index < -0.39 is 4.33 Å². The smallest absolute Gasteiger partial charge is 0.101 e. The molecular formula is C7H11Cl2. The Kier molecular flexibility index (Phi) is 1.53. The quantitative estimate of drug-likeness (QED) is 0.525.